The molecule has 0 radical (unpaired) electrons. The summed E-state index contributed by atoms with van der Waals surface area (Å²) >= 11 is 5.82. The normalized spacial score (nSPS) is 28.5. The minimum absolute atomic E-state index is 0.244. The first kappa shape index (κ1) is 12.9. The quantitative estimate of drug-likeness (QED) is 0.788. The van der Waals surface area contributed by atoms with Gasteiger partial charge < -0.3 is 5.32 Å². The third-order valence-corrected chi connectivity index (χ3v) is 3.96. The van der Waals surface area contributed by atoms with E-state index in [1.165, 1.54) is 18.4 Å². The molecule has 94 valence electrons. The first-order valence-corrected chi connectivity index (χ1v) is 6.86. The van der Waals surface area contributed by atoms with Gasteiger partial charge in [-0.3, -0.25) is 0 Å². The average Bonchev–Trinajstić information content (AvgIpc) is 2.74. The van der Waals surface area contributed by atoms with Gasteiger partial charge >= 0.3 is 0 Å². The molecule has 0 spiro atoms. The van der Waals surface area contributed by atoms with Crippen molar-refractivity contribution in [2.45, 2.75) is 32.4 Å². The lowest BCUT2D eigenvalue weighted by Crippen LogP contribution is -2.37. The topological polar surface area (TPSA) is 24.1 Å². The highest BCUT2D eigenvalue weighted by molar-refractivity contribution is 6.13. The summed E-state index contributed by atoms with van der Waals surface area (Å²) in [5, 5.41) is 3.47. The van der Waals surface area contributed by atoms with Crippen LogP contribution in [0.5, 0.6) is 0 Å². The number of benzene rings is 1. The maximum atomic E-state index is 5.82. The number of halogens is 1. The molecule has 1 aromatic rings. The molecule has 3 heteroatoms. The van der Waals surface area contributed by atoms with Crippen molar-refractivity contribution >= 4 is 11.8 Å². The van der Waals surface area contributed by atoms with E-state index in [0.717, 1.165) is 18.9 Å². The molecule has 2 rings (SSSR count). The van der Waals surface area contributed by atoms with Gasteiger partial charge in [0.1, 0.15) is 0 Å². The van der Waals surface area contributed by atoms with Crippen LogP contribution in [0.1, 0.15) is 25.3 Å². The van der Waals surface area contributed by atoms with Crippen molar-refractivity contribution in [3.63, 3.8) is 0 Å². The zero-order valence-corrected chi connectivity index (χ0v) is 11.1. The molecule has 2 N–H and O–H groups in total. The van der Waals surface area contributed by atoms with Gasteiger partial charge in [0, 0.05) is 0 Å². The molecule has 1 heterocycles. The van der Waals surface area contributed by atoms with E-state index < -0.39 is 0 Å². The van der Waals surface area contributed by atoms with Gasteiger partial charge in [-0.05, 0) is 48.6 Å². The SMILES string of the molecule is CCCC1CNC(NCl)C1Cc1ccccc1. The van der Waals surface area contributed by atoms with Gasteiger partial charge in [-0.15, -0.1) is 0 Å². The third-order valence-electron chi connectivity index (χ3n) is 3.72. The van der Waals surface area contributed by atoms with Crippen molar-refractivity contribution in [2.24, 2.45) is 11.8 Å². The smallest absolute Gasteiger partial charge is 0.0748 e. The molecule has 1 saturated heterocycles. The second-order valence-corrected chi connectivity index (χ2v) is 5.12. The fraction of sp³-hybridized carbons (Fsp3) is 0.571. The molecule has 17 heavy (non-hydrogen) atoms. The monoisotopic (exact) mass is 252 g/mol. The highest BCUT2D eigenvalue weighted by Crippen LogP contribution is 2.29. The summed E-state index contributed by atoms with van der Waals surface area (Å²) < 4.78 is 0. The molecule has 3 unspecified atom stereocenters. The Morgan fingerprint density at radius 1 is 1.35 bits per heavy atom. The predicted octanol–water partition coefficient (Wildman–Crippen LogP) is 2.93. The highest BCUT2D eigenvalue weighted by Gasteiger charge is 2.34. The second kappa shape index (κ2) is 6.39. The average molecular weight is 253 g/mol. The summed E-state index contributed by atoms with van der Waals surface area (Å²) in [5.41, 5.74) is 1.40. The van der Waals surface area contributed by atoms with Crippen LogP contribution in [0.2, 0.25) is 0 Å². The molecular formula is C14H21ClN2. The van der Waals surface area contributed by atoms with Crippen molar-refractivity contribution in [2.75, 3.05) is 6.54 Å². The lowest BCUT2D eigenvalue weighted by atomic mass is 9.85. The summed E-state index contributed by atoms with van der Waals surface area (Å²) in [6.45, 7) is 3.33. The van der Waals surface area contributed by atoms with Gasteiger partial charge in [0.25, 0.3) is 0 Å². The maximum Gasteiger partial charge on any atom is 0.0748 e. The molecular weight excluding hydrogens is 232 g/mol. The van der Waals surface area contributed by atoms with E-state index in [1.807, 2.05) is 0 Å². The Morgan fingerprint density at radius 3 is 2.76 bits per heavy atom. The molecule has 0 saturated carbocycles. The third kappa shape index (κ3) is 3.21. The molecule has 1 aromatic carbocycles. The Bertz CT molecular complexity index is 328. The predicted molar refractivity (Wildman–Crippen MR) is 72.8 cm³/mol. The van der Waals surface area contributed by atoms with Crippen LogP contribution in [0, 0.1) is 11.8 Å². The highest BCUT2D eigenvalue weighted by atomic mass is 35.5. The van der Waals surface area contributed by atoms with Crippen LogP contribution in [0.3, 0.4) is 0 Å². The van der Waals surface area contributed by atoms with Gasteiger partial charge in [-0.25, -0.2) is 4.84 Å². The fourth-order valence-corrected chi connectivity index (χ4v) is 3.07. The Hall–Kier alpha value is -0.570. The lowest BCUT2D eigenvalue weighted by molar-refractivity contribution is 0.333. The Labute approximate surface area is 109 Å². The fourth-order valence-electron chi connectivity index (χ4n) is 2.83. The Kier molecular flexibility index (Phi) is 4.84. The standard InChI is InChI=1S/C14H21ClN2/c1-2-6-12-10-16-14(17-15)13(12)9-11-7-4-3-5-8-11/h3-5,7-8,12-14,16-17H,2,6,9-10H2,1H3. The Morgan fingerprint density at radius 2 is 2.12 bits per heavy atom. The molecule has 1 fully saturated rings. The van der Waals surface area contributed by atoms with Crippen LogP contribution in [0.15, 0.2) is 30.3 Å². The zero-order valence-electron chi connectivity index (χ0n) is 10.3. The largest absolute Gasteiger partial charge is 0.300 e. The molecule has 3 atom stereocenters. The van der Waals surface area contributed by atoms with E-state index in [2.05, 4.69) is 47.4 Å². The first-order valence-electron chi connectivity index (χ1n) is 6.48. The van der Waals surface area contributed by atoms with E-state index in [-0.39, 0.29) is 6.17 Å². The van der Waals surface area contributed by atoms with Gasteiger partial charge in [0.15, 0.2) is 0 Å². The zero-order chi connectivity index (χ0) is 12.1. The summed E-state index contributed by atoms with van der Waals surface area (Å²) in [6, 6.07) is 10.7. The van der Waals surface area contributed by atoms with Crippen LogP contribution in [0.4, 0.5) is 0 Å². The first-order chi connectivity index (χ1) is 8.35. The molecule has 2 nitrogen and oxygen atoms in total. The van der Waals surface area contributed by atoms with E-state index in [0.29, 0.717) is 5.92 Å². The van der Waals surface area contributed by atoms with Crippen molar-refractivity contribution in [1.29, 1.82) is 0 Å². The number of nitrogens with one attached hydrogen (secondary N) is 2. The second-order valence-electron chi connectivity index (χ2n) is 4.90. The van der Waals surface area contributed by atoms with Crippen molar-refractivity contribution in [3.05, 3.63) is 35.9 Å². The van der Waals surface area contributed by atoms with Crippen LogP contribution < -0.4 is 10.2 Å². The van der Waals surface area contributed by atoms with Crippen LogP contribution in [-0.4, -0.2) is 12.7 Å². The van der Waals surface area contributed by atoms with Crippen LogP contribution in [0.25, 0.3) is 0 Å². The summed E-state index contributed by atoms with van der Waals surface area (Å²) in [6.07, 6.45) is 3.86. The van der Waals surface area contributed by atoms with Crippen molar-refractivity contribution in [1.82, 2.24) is 10.2 Å². The minimum Gasteiger partial charge on any atom is -0.300 e. The molecule has 0 amide bonds. The van der Waals surface area contributed by atoms with Gasteiger partial charge in [0.2, 0.25) is 0 Å². The number of rotatable bonds is 5. The van der Waals surface area contributed by atoms with Gasteiger partial charge in [-0.2, -0.15) is 0 Å². The molecule has 0 aromatic heterocycles. The van der Waals surface area contributed by atoms with Gasteiger partial charge in [-0.1, -0.05) is 43.7 Å². The van der Waals surface area contributed by atoms with Crippen LogP contribution in [-0.2, 0) is 6.42 Å². The van der Waals surface area contributed by atoms with E-state index in [4.69, 9.17) is 11.8 Å². The molecule has 1 aliphatic heterocycles. The Balaban J connectivity index is 2.04. The van der Waals surface area contributed by atoms with E-state index >= 15 is 0 Å². The van der Waals surface area contributed by atoms with Gasteiger partial charge in [0.05, 0.1) is 6.17 Å². The number of hydrogen-bond acceptors (Lipinski definition) is 2. The lowest BCUT2D eigenvalue weighted by Gasteiger charge is -2.22. The van der Waals surface area contributed by atoms with Crippen molar-refractivity contribution < 1.29 is 0 Å². The van der Waals surface area contributed by atoms with E-state index in [1.54, 1.807) is 0 Å². The van der Waals surface area contributed by atoms with Crippen molar-refractivity contribution in [3.8, 4) is 0 Å². The summed E-state index contributed by atoms with van der Waals surface area (Å²) in [7, 11) is 0. The molecule has 0 aliphatic carbocycles. The molecule has 1 aliphatic rings. The van der Waals surface area contributed by atoms with Crippen LogP contribution >= 0.6 is 11.8 Å². The summed E-state index contributed by atoms with van der Waals surface area (Å²) in [4.78, 5) is 2.88. The maximum absolute atomic E-state index is 5.82. The minimum atomic E-state index is 0.244. The molecule has 0 bridgehead atoms. The number of hydrogen-bond donors (Lipinski definition) is 2. The van der Waals surface area contributed by atoms with E-state index in [9.17, 15) is 0 Å². The summed E-state index contributed by atoms with van der Waals surface area (Å²) in [5.74, 6) is 1.33.